The lowest BCUT2D eigenvalue weighted by Crippen LogP contribution is -2.42. The van der Waals surface area contributed by atoms with Gasteiger partial charge in [-0.05, 0) is 12.8 Å². The molecule has 0 aliphatic carbocycles. The molecule has 11 heavy (non-hydrogen) atoms. The molecule has 1 atom stereocenters. The summed E-state index contributed by atoms with van der Waals surface area (Å²) < 4.78 is 5.45. The first-order valence-corrected chi connectivity index (χ1v) is 4.52. The van der Waals surface area contributed by atoms with Crippen molar-refractivity contribution < 1.29 is 4.74 Å². The minimum Gasteiger partial charge on any atom is -0.376 e. The van der Waals surface area contributed by atoms with E-state index in [1.165, 1.54) is 6.54 Å². The lowest BCUT2D eigenvalue weighted by molar-refractivity contribution is -0.0216. The zero-order valence-corrected chi connectivity index (χ0v) is 7.84. The smallest absolute Gasteiger partial charge is 0.0674 e. The van der Waals surface area contributed by atoms with Crippen LogP contribution in [-0.4, -0.2) is 37.2 Å². The van der Waals surface area contributed by atoms with Crippen molar-refractivity contribution >= 4 is 0 Å². The molecule has 2 heteroatoms. The summed E-state index contributed by atoms with van der Waals surface area (Å²) >= 11 is 0. The Morgan fingerprint density at radius 1 is 1.55 bits per heavy atom. The highest BCUT2D eigenvalue weighted by molar-refractivity contribution is 4.68. The Kier molecular flexibility index (Phi) is 3.34. The molecule has 0 aromatic carbocycles. The topological polar surface area (TPSA) is 12.5 Å². The number of nitrogens with zero attached hydrogens (tertiary/aromatic N) is 1. The second kappa shape index (κ2) is 4.07. The molecule has 1 saturated heterocycles. The Labute approximate surface area is 69.5 Å². The summed E-state index contributed by atoms with van der Waals surface area (Å²) in [7, 11) is 0. The van der Waals surface area contributed by atoms with Crippen molar-refractivity contribution in [1.82, 2.24) is 4.90 Å². The zero-order chi connectivity index (χ0) is 8.27. The lowest BCUT2D eigenvalue weighted by Gasteiger charge is -2.32. The van der Waals surface area contributed by atoms with Crippen LogP contribution in [0.2, 0.25) is 0 Å². The van der Waals surface area contributed by atoms with Gasteiger partial charge < -0.3 is 4.74 Å². The molecule has 0 aromatic heterocycles. The third-order valence-electron chi connectivity index (χ3n) is 1.95. The van der Waals surface area contributed by atoms with Gasteiger partial charge in [-0.15, -0.1) is 0 Å². The summed E-state index contributed by atoms with van der Waals surface area (Å²) in [5, 5.41) is 0. The van der Waals surface area contributed by atoms with E-state index in [1.54, 1.807) is 0 Å². The Morgan fingerprint density at radius 2 is 2.27 bits per heavy atom. The van der Waals surface area contributed by atoms with Gasteiger partial charge in [0.1, 0.15) is 0 Å². The monoisotopic (exact) mass is 157 g/mol. The molecule has 0 saturated carbocycles. The molecule has 1 rings (SSSR count). The van der Waals surface area contributed by atoms with E-state index >= 15 is 0 Å². The van der Waals surface area contributed by atoms with E-state index in [-0.39, 0.29) is 0 Å². The fourth-order valence-corrected chi connectivity index (χ4v) is 1.57. The van der Waals surface area contributed by atoms with Crippen molar-refractivity contribution in [3.8, 4) is 0 Å². The molecule has 1 aliphatic heterocycles. The van der Waals surface area contributed by atoms with Gasteiger partial charge in [-0.25, -0.2) is 0 Å². The van der Waals surface area contributed by atoms with Gasteiger partial charge in [0, 0.05) is 19.6 Å². The highest BCUT2D eigenvalue weighted by Gasteiger charge is 2.16. The van der Waals surface area contributed by atoms with Crippen LogP contribution in [0.25, 0.3) is 0 Å². The first-order chi connectivity index (χ1) is 5.18. The first kappa shape index (κ1) is 9.01. The van der Waals surface area contributed by atoms with Crippen LogP contribution in [0, 0.1) is 5.92 Å². The summed E-state index contributed by atoms with van der Waals surface area (Å²) in [4.78, 5) is 2.48. The number of morpholine rings is 1. The summed E-state index contributed by atoms with van der Waals surface area (Å²) in [5.41, 5.74) is 0. The van der Waals surface area contributed by atoms with Crippen molar-refractivity contribution in [1.29, 1.82) is 0 Å². The van der Waals surface area contributed by atoms with Crippen LogP contribution >= 0.6 is 0 Å². The molecule has 1 heterocycles. The Morgan fingerprint density at radius 3 is 2.82 bits per heavy atom. The Hall–Kier alpha value is -0.0800. The summed E-state index contributed by atoms with van der Waals surface area (Å²) in [6.45, 7) is 11.0. The molecule has 0 unspecified atom stereocenters. The van der Waals surface area contributed by atoms with Crippen molar-refractivity contribution in [2.75, 3.05) is 26.2 Å². The maximum absolute atomic E-state index is 5.45. The number of hydrogen-bond donors (Lipinski definition) is 0. The van der Waals surface area contributed by atoms with Gasteiger partial charge in [-0.3, -0.25) is 4.90 Å². The van der Waals surface area contributed by atoms with Crippen LogP contribution in [0.5, 0.6) is 0 Å². The van der Waals surface area contributed by atoms with E-state index in [0.717, 1.165) is 25.6 Å². The van der Waals surface area contributed by atoms with Gasteiger partial charge in [-0.1, -0.05) is 13.8 Å². The van der Waals surface area contributed by atoms with Gasteiger partial charge in [0.05, 0.1) is 12.7 Å². The predicted octanol–water partition coefficient (Wildman–Crippen LogP) is 1.36. The van der Waals surface area contributed by atoms with E-state index in [0.29, 0.717) is 6.10 Å². The predicted molar refractivity (Wildman–Crippen MR) is 46.7 cm³/mol. The summed E-state index contributed by atoms with van der Waals surface area (Å²) in [6, 6.07) is 0. The molecule has 1 fully saturated rings. The van der Waals surface area contributed by atoms with E-state index in [2.05, 4.69) is 25.7 Å². The molecule has 0 amide bonds. The molecule has 0 bridgehead atoms. The minimum absolute atomic E-state index is 0.433. The molecule has 66 valence electrons. The van der Waals surface area contributed by atoms with Crippen LogP contribution in [0.4, 0.5) is 0 Å². The molecule has 0 spiro atoms. The fourth-order valence-electron chi connectivity index (χ4n) is 1.57. The van der Waals surface area contributed by atoms with Crippen molar-refractivity contribution in [3.63, 3.8) is 0 Å². The van der Waals surface area contributed by atoms with E-state index in [1.807, 2.05) is 0 Å². The van der Waals surface area contributed by atoms with Gasteiger partial charge in [0.25, 0.3) is 0 Å². The zero-order valence-electron chi connectivity index (χ0n) is 7.84. The highest BCUT2D eigenvalue weighted by Crippen LogP contribution is 2.06. The van der Waals surface area contributed by atoms with Crippen molar-refractivity contribution in [2.45, 2.75) is 26.9 Å². The van der Waals surface area contributed by atoms with Crippen LogP contribution in [0.15, 0.2) is 0 Å². The van der Waals surface area contributed by atoms with Gasteiger partial charge >= 0.3 is 0 Å². The van der Waals surface area contributed by atoms with Crippen LogP contribution < -0.4 is 0 Å². The Bertz CT molecular complexity index is 112. The van der Waals surface area contributed by atoms with E-state index < -0.39 is 0 Å². The van der Waals surface area contributed by atoms with Crippen molar-refractivity contribution in [3.05, 3.63) is 0 Å². The van der Waals surface area contributed by atoms with Crippen LogP contribution in [-0.2, 0) is 4.74 Å². The highest BCUT2D eigenvalue weighted by atomic mass is 16.5. The molecule has 0 radical (unpaired) electrons. The van der Waals surface area contributed by atoms with Gasteiger partial charge in [0.15, 0.2) is 0 Å². The average molecular weight is 157 g/mol. The van der Waals surface area contributed by atoms with Crippen LogP contribution in [0.1, 0.15) is 20.8 Å². The van der Waals surface area contributed by atoms with Crippen molar-refractivity contribution in [2.24, 2.45) is 5.92 Å². The maximum atomic E-state index is 5.45. The third kappa shape index (κ3) is 3.21. The number of rotatable bonds is 2. The minimum atomic E-state index is 0.433. The third-order valence-corrected chi connectivity index (χ3v) is 1.95. The van der Waals surface area contributed by atoms with E-state index in [9.17, 15) is 0 Å². The standard InChI is InChI=1S/C9H19NO/c1-8(2)6-10-4-5-11-9(3)7-10/h8-9H,4-7H2,1-3H3/t9-/m1/s1. The normalized spacial score (nSPS) is 27.8. The molecular weight excluding hydrogens is 138 g/mol. The average Bonchev–Trinajstić information content (AvgIpc) is 1.85. The molecule has 0 aromatic rings. The largest absolute Gasteiger partial charge is 0.376 e. The quantitative estimate of drug-likeness (QED) is 0.600. The SMILES string of the molecule is CC(C)CN1CCO[C@H](C)C1. The number of hydrogen-bond acceptors (Lipinski definition) is 2. The fraction of sp³-hybridized carbons (Fsp3) is 1.00. The van der Waals surface area contributed by atoms with E-state index in [4.69, 9.17) is 4.74 Å². The lowest BCUT2D eigenvalue weighted by atomic mass is 10.2. The maximum Gasteiger partial charge on any atom is 0.0674 e. The second-order valence-electron chi connectivity index (χ2n) is 3.83. The van der Waals surface area contributed by atoms with Gasteiger partial charge in [-0.2, -0.15) is 0 Å². The molecular formula is C9H19NO. The first-order valence-electron chi connectivity index (χ1n) is 4.52. The molecule has 0 N–H and O–H groups in total. The Balaban J connectivity index is 2.23. The molecule has 1 aliphatic rings. The summed E-state index contributed by atoms with van der Waals surface area (Å²) in [6.07, 6.45) is 0.433. The van der Waals surface area contributed by atoms with Gasteiger partial charge in [0.2, 0.25) is 0 Å². The molecule has 2 nitrogen and oxygen atoms in total. The van der Waals surface area contributed by atoms with Crippen LogP contribution in [0.3, 0.4) is 0 Å². The number of ether oxygens (including phenoxy) is 1. The second-order valence-corrected chi connectivity index (χ2v) is 3.83. The summed E-state index contributed by atoms with van der Waals surface area (Å²) in [5.74, 6) is 0.778.